The van der Waals surface area contributed by atoms with E-state index in [0.717, 1.165) is 12.1 Å². The molecule has 0 N–H and O–H groups in total. The summed E-state index contributed by atoms with van der Waals surface area (Å²) in [5.41, 5.74) is 0.780. The third-order valence-corrected chi connectivity index (χ3v) is 5.05. The first-order valence-electron chi connectivity index (χ1n) is 9.56. The van der Waals surface area contributed by atoms with Crippen molar-refractivity contribution in [2.75, 3.05) is 51.7 Å². The minimum Gasteiger partial charge on any atom is -0.337 e. The molecule has 1 unspecified atom stereocenters. The van der Waals surface area contributed by atoms with Crippen LogP contribution in [0.25, 0.3) is 0 Å². The second-order valence-corrected chi connectivity index (χ2v) is 7.53. The third-order valence-electron chi connectivity index (χ3n) is 5.05. The fourth-order valence-electron chi connectivity index (χ4n) is 3.59. The maximum Gasteiger partial charge on any atom is 0.263 e. The van der Waals surface area contributed by atoms with E-state index in [1.165, 1.54) is 0 Å². The first-order chi connectivity index (χ1) is 13.4. The Morgan fingerprint density at radius 1 is 1.18 bits per heavy atom. The number of carbonyl (C=O) groups excluding carboxylic acids is 1. The summed E-state index contributed by atoms with van der Waals surface area (Å²) in [5, 5.41) is 0. The first kappa shape index (κ1) is 20.0. The van der Waals surface area contributed by atoms with Crippen molar-refractivity contribution in [3.63, 3.8) is 0 Å². The van der Waals surface area contributed by atoms with E-state index < -0.39 is 0 Å². The molecule has 2 aromatic rings. The van der Waals surface area contributed by atoms with Gasteiger partial charge in [-0.15, -0.1) is 0 Å². The van der Waals surface area contributed by atoms with Crippen LogP contribution in [0.5, 0.6) is 0 Å². The van der Waals surface area contributed by atoms with Crippen LogP contribution in [0.3, 0.4) is 0 Å². The molecule has 0 saturated carbocycles. The largest absolute Gasteiger partial charge is 0.337 e. The Hall–Kier alpha value is -2.74. The average Bonchev–Trinajstić information content (AvgIpc) is 2.68. The van der Waals surface area contributed by atoms with Gasteiger partial charge in [0.15, 0.2) is 0 Å². The number of hydrogen-bond acceptors (Lipinski definition) is 6. The second-order valence-electron chi connectivity index (χ2n) is 7.53. The summed E-state index contributed by atoms with van der Waals surface area (Å²) < 4.78 is 1.66. The van der Waals surface area contributed by atoms with E-state index in [2.05, 4.69) is 14.9 Å². The lowest BCUT2D eigenvalue weighted by Gasteiger charge is -2.34. The van der Waals surface area contributed by atoms with E-state index in [0.29, 0.717) is 32.1 Å². The number of hydrogen-bond donors (Lipinski definition) is 0. The van der Waals surface area contributed by atoms with Gasteiger partial charge < -0.3 is 19.3 Å². The number of anilines is 1. The molecule has 1 saturated heterocycles. The molecule has 8 heteroatoms. The quantitative estimate of drug-likeness (QED) is 0.767. The van der Waals surface area contributed by atoms with E-state index in [4.69, 9.17) is 0 Å². The zero-order valence-electron chi connectivity index (χ0n) is 17.0. The van der Waals surface area contributed by atoms with Crippen LogP contribution < -0.4 is 10.5 Å². The van der Waals surface area contributed by atoms with Gasteiger partial charge in [-0.1, -0.05) is 0 Å². The maximum atomic E-state index is 13.1. The number of likely N-dealkylation sites (N-methyl/N-ethyl adjacent to an activating group) is 1. The van der Waals surface area contributed by atoms with Crippen LogP contribution in [0, 0.1) is 6.92 Å². The summed E-state index contributed by atoms with van der Waals surface area (Å²) in [7, 11) is 3.94. The van der Waals surface area contributed by atoms with Crippen molar-refractivity contribution < 1.29 is 4.79 Å². The Labute approximate surface area is 165 Å². The SMILES string of the molecule is Cc1ccn(C(C)CN(C)C)c(=O)c1C(=O)N1CCN(c2ncccn2)CC1. The van der Waals surface area contributed by atoms with Crippen LogP contribution in [0.2, 0.25) is 0 Å². The molecule has 2 aromatic heterocycles. The third kappa shape index (κ3) is 4.22. The Morgan fingerprint density at radius 2 is 1.82 bits per heavy atom. The molecule has 0 bridgehead atoms. The van der Waals surface area contributed by atoms with Gasteiger partial charge >= 0.3 is 0 Å². The lowest BCUT2D eigenvalue weighted by Crippen LogP contribution is -2.50. The molecule has 3 rings (SSSR count). The highest BCUT2D eigenvalue weighted by Crippen LogP contribution is 2.14. The molecule has 0 aromatic carbocycles. The van der Waals surface area contributed by atoms with Crippen LogP contribution in [0.1, 0.15) is 28.9 Å². The minimum atomic E-state index is -0.215. The number of amides is 1. The standard InChI is InChI=1S/C20H28N6O2/c1-15-6-9-26(16(2)14-23(3)4)19(28)17(15)18(27)24-10-12-25(13-11-24)20-21-7-5-8-22-20/h5-9,16H,10-14H2,1-4H3. The van der Waals surface area contributed by atoms with Crippen LogP contribution in [0.15, 0.2) is 35.5 Å². The molecule has 1 atom stereocenters. The zero-order valence-corrected chi connectivity index (χ0v) is 17.0. The van der Waals surface area contributed by atoms with E-state index >= 15 is 0 Å². The monoisotopic (exact) mass is 384 g/mol. The van der Waals surface area contributed by atoms with Gasteiger partial charge in [-0.05, 0) is 45.6 Å². The summed E-state index contributed by atoms with van der Waals surface area (Å²) in [6.07, 6.45) is 5.21. The summed E-state index contributed by atoms with van der Waals surface area (Å²) in [4.78, 5) is 40.6. The molecule has 28 heavy (non-hydrogen) atoms. The van der Waals surface area contributed by atoms with Crippen molar-refractivity contribution in [3.8, 4) is 0 Å². The van der Waals surface area contributed by atoms with Gasteiger partial charge in [-0.3, -0.25) is 9.59 Å². The minimum absolute atomic E-state index is 0.0123. The number of nitrogens with zero attached hydrogens (tertiary/aromatic N) is 6. The normalized spacial score (nSPS) is 15.8. The Balaban J connectivity index is 1.77. The van der Waals surface area contributed by atoms with Crippen molar-refractivity contribution in [2.45, 2.75) is 19.9 Å². The summed E-state index contributed by atoms with van der Waals surface area (Å²) in [5.74, 6) is 0.480. The van der Waals surface area contributed by atoms with Gasteiger partial charge in [-0.2, -0.15) is 0 Å². The maximum absolute atomic E-state index is 13.1. The van der Waals surface area contributed by atoms with Gasteiger partial charge in [-0.25, -0.2) is 9.97 Å². The number of aryl methyl sites for hydroxylation is 1. The molecule has 0 spiro atoms. The van der Waals surface area contributed by atoms with Gasteiger partial charge in [0.05, 0.1) is 0 Å². The summed E-state index contributed by atoms with van der Waals surface area (Å²) >= 11 is 0. The molecule has 0 aliphatic carbocycles. The highest BCUT2D eigenvalue weighted by atomic mass is 16.2. The Morgan fingerprint density at radius 3 is 2.43 bits per heavy atom. The second kappa shape index (κ2) is 8.52. The molecule has 1 fully saturated rings. The predicted molar refractivity (Wildman–Crippen MR) is 109 cm³/mol. The number of pyridine rings is 1. The fraction of sp³-hybridized carbons (Fsp3) is 0.500. The van der Waals surface area contributed by atoms with Gasteiger partial charge in [0.1, 0.15) is 5.56 Å². The van der Waals surface area contributed by atoms with Gasteiger partial charge in [0.25, 0.3) is 11.5 Å². The van der Waals surface area contributed by atoms with Crippen LogP contribution in [-0.2, 0) is 0 Å². The molecule has 1 amide bonds. The predicted octanol–water partition coefficient (Wildman–Crippen LogP) is 1.03. The summed E-state index contributed by atoms with van der Waals surface area (Å²) in [6, 6.07) is 3.63. The number of rotatable bonds is 5. The number of carbonyl (C=O) groups is 1. The fourth-order valence-corrected chi connectivity index (χ4v) is 3.59. The van der Waals surface area contributed by atoms with E-state index in [1.54, 1.807) is 34.1 Å². The molecule has 8 nitrogen and oxygen atoms in total. The van der Waals surface area contributed by atoms with E-state index in [9.17, 15) is 9.59 Å². The highest BCUT2D eigenvalue weighted by molar-refractivity contribution is 5.95. The molecule has 3 heterocycles. The molecular formula is C20H28N6O2. The van der Waals surface area contributed by atoms with Crippen molar-refractivity contribution >= 4 is 11.9 Å². The van der Waals surface area contributed by atoms with Gasteiger partial charge in [0.2, 0.25) is 5.95 Å². The van der Waals surface area contributed by atoms with Crippen LogP contribution in [0.4, 0.5) is 5.95 Å². The van der Waals surface area contributed by atoms with Crippen molar-refractivity contribution in [2.24, 2.45) is 0 Å². The average molecular weight is 384 g/mol. The van der Waals surface area contributed by atoms with Gasteiger partial charge in [0, 0.05) is 57.4 Å². The van der Waals surface area contributed by atoms with Crippen LogP contribution >= 0.6 is 0 Å². The molecular weight excluding hydrogens is 356 g/mol. The number of aromatic nitrogens is 3. The Bertz CT molecular complexity index is 872. The smallest absolute Gasteiger partial charge is 0.263 e. The summed E-state index contributed by atoms with van der Waals surface area (Å²) in [6.45, 7) is 6.91. The molecule has 1 aliphatic rings. The number of piperazine rings is 1. The highest BCUT2D eigenvalue weighted by Gasteiger charge is 2.27. The van der Waals surface area contributed by atoms with Crippen molar-refractivity contribution in [3.05, 3.63) is 52.2 Å². The van der Waals surface area contributed by atoms with E-state index in [-0.39, 0.29) is 23.1 Å². The van der Waals surface area contributed by atoms with Crippen LogP contribution in [-0.4, -0.2) is 77.1 Å². The topological polar surface area (TPSA) is 74.6 Å². The Kier molecular flexibility index (Phi) is 6.08. The lowest BCUT2D eigenvalue weighted by atomic mass is 10.1. The molecule has 0 radical (unpaired) electrons. The van der Waals surface area contributed by atoms with Crippen molar-refractivity contribution in [1.82, 2.24) is 24.3 Å². The first-order valence-corrected chi connectivity index (χ1v) is 9.56. The van der Waals surface area contributed by atoms with E-state index in [1.807, 2.05) is 38.9 Å². The zero-order chi connectivity index (χ0) is 20.3. The molecule has 1 aliphatic heterocycles. The molecule has 150 valence electrons. The van der Waals surface area contributed by atoms with Crippen molar-refractivity contribution in [1.29, 1.82) is 0 Å². The lowest BCUT2D eigenvalue weighted by molar-refractivity contribution is 0.0742.